The number of nitrogens with zero attached hydrogens (tertiary/aromatic N) is 2. The zero-order valence-corrected chi connectivity index (χ0v) is 13.9. The molecule has 5 nitrogen and oxygen atoms in total. The van der Waals surface area contributed by atoms with Gasteiger partial charge < -0.3 is 10.1 Å². The Kier molecular flexibility index (Phi) is 5.36. The van der Waals surface area contributed by atoms with Gasteiger partial charge in [-0.05, 0) is 29.7 Å². The van der Waals surface area contributed by atoms with E-state index in [0.717, 1.165) is 11.1 Å². The summed E-state index contributed by atoms with van der Waals surface area (Å²) in [5.74, 6) is 0.113. The van der Waals surface area contributed by atoms with Crippen LogP contribution >= 0.6 is 0 Å². The summed E-state index contributed by atoms with van der Waals surface area (Å²) in [6.45, 7) is 0. The van der Waals surface area contributed by atoms with E-state index in [9.17, 15) is 4.79 Å². The SMILES string of the molecule is COc1ccc(NC(=O)C(Cc2cccnc2)c2ccccc2)cn1. The van der Waals surface area contributed by atoms with Crippen LogP contribution in [0.25, 0.3) is 0 Å². The summed E-state index contributed by atoms with van der Waals surface area (Å²) in [6.07, 6.45) is 5.68. The number of rotatable bonds is 6. The van der Waals surface area contributed by atoms with Crippen molar-refractivity contribution < 1.29 is 9.53 Å². The second-order valence-electron chi connectivity index (χ2n) is 5.61. The first-order chi connectivity index (χ1) is 12.3. The highest BCUT2D eigenvalue weighted by Gasteiger charge is 2.21. The molecule has 1 unspecified atom stereocenters. The number of aromatic nitrogens is 2. The van der Waals surface area contributed by atoms with Crippen molar-refractivity contribution in [1.82, 2.24) is 9.97 Å². The highest BCUT2D eigenvalue weighted by atomic mass is 16.5. The minimum Gasteiger partial charge on any atom is -0.481 e. The molecule has 0 saturated carbocycles. The normalized spacial score (nSPS) is 11.6. The van der Waals surface area contributed by atoms with E-state index in [4.69, 9.17) is 4.74 Å². The summed E-state index contributed by atoms with van der Waals surface area (Å²) in [6, 6.07) is 17.1. The summed E-state index contributed by atoms with van der Waals surface area (Å²) in [7, 11) is 1.56. The Morgan fingerprint density at radius 3 is 2.56 bits per heavy atom. The molecule has 1 N–H and O–H groups in total. The van der Waals surface area contributed by atoms with Gasteiger partial charge in [-0.15, -0.1) is 0 Å². The van der Waals surface area contributed by atoms with E-state index < -0.39 is 0 Å². The number of methoxy groups -OCH3 is 1. The van der Waals surface area contributed by atoms with Crippen LogP contribution < -0.4 is 10.1 Å². The first-order valence-electron chi connectivity index (χ1n) is 8.01. The molecule has 126 valence electrons. The van der Waals surface area contributed by atoms with Crippen LogP contribution in [0.4, 0.5) is 5.69 Å². The number of anilines is 1. The van der Waals surface area contributed by atoms with Crippen LogP contribution in [0.3, 0.4) is 0 Å². The van der Waals surface area contributed by atoms with Crippen LogP contribution in [0.5, 0.6) is 5.88 Å². The average Bonchev–Trinajstić information content (AvgIpc) is 2.68. The predicted molar refractivity (Wildman–Crippen MR) is 96.5 cm³/mol. The highest BCUT2D eigenvalue weighted by molar-refractivity contribution is 5.96. The molecule has 2 heterocycles. The van der Waals surface area contributed by atoms with Gasteiger partial charge in [0.05, 0.1) is 24.9 Å². The zero-order chi connectivity index (χ0) is 17.5. The van der Waals surface area contributed by atoms with Gasteiger partial charge in [0.1, 0.15) is 0 Å². The Morgan fingerprint density at radius 2 is 1.92 bits per heavy atom. The number of benzene rings is 1. The molecule has 3 aromatic rings. The summed E-state index contributed by atoms with van der Waals surface area (Å²) in [4.78, 5) is 21.1. The Bertz CT molecular complexity index is 805. The van der Waals surface area contributed by atoms with Gasteiger partial charge in [-0.3, -0.25) is 9.78 Å². The Morgan fingerprint density at radius 1 is 1.08 bits per heavy atom. The average molecular weight is 333 g/mol. The molecule has 1 aromatic carbocycles. The van der Waals surface area contributed by atoms with Gasteiger partial charge in [0, 0.05) is 18.5 Å². The van der Waals surface area contributed by atoms with Crippen LogP contribution in [-0.2, 0) is 11.2 Å². The molecule has 3 rings (SSSR count). The second-order valence-corrected chi connectivity index (χ2v) is 5.61. The number of ether oxygens (including phenoxy) is 1. The number of hydrogen-bond donors (Lipinski definition) is 1. The molecular weight excluding hydrogens is 314 g/mol. The molecule has 0 aliphatic carbocycles. The van der Waals surface area contributed by atoms with Crippen molar-refractivity contribution in [1.29, 1.82) is 0 Å². The molecule has 0 spiro atoms. The van der Waals surface area contributed by atoms with E-state index in [2.05, 4.69) is 15.3 Å². The largest absolute Gasteiger partial charge is 0.481 e. The lowest BCUT2D eigenvalue weighted by molar-refractivity contribution is -0.117. The number of hydrogen-bond acceptors (Lipinski definition) is 4. The van der Waals surface area contributed by atoms with Crippen LogP contribution in [0.1, 0.15) is 17.0 Å². The molecule has 0 radical (unpaired) electrons. The van der Waals surface area contributed by atoms with Gasteiger partial charge in [0.15, 0.2) is 0 Å². The number of amides is 1. The van der Waals surface area contributed by atoms with E-state index in [-0.39, 0.29) is 11.8 Å². The van der Waals surface area contributed by atoms with Crippen molar-refractivity contribution >= 4 is 11.6 Å². The molecule has 0 aliphatic heterocycles. The lowest BCUT2D eigenvalue weighted by atomic mass is 9.91. The monoisotopic (exact) mass is 333 g/mol. The number of carbonyl (C=O) groups is 1. The third kappa shape index (κ3) is 4.41. The first-order valence-corrected chi connectivity index (χ1v) is 8.01. The van der Waals surface area contributed by atoms with Crippen molar-refractivity contribution in [2.45, 2.75) is 12.3 Å². The quantitative estimate of drug-likeness (QED) is 0.750. The predicted octanol–water partition coefficient (Wildman–Crippen LogP) is 3.45. The van der Waals surface area contributed by atoms with Gasteiger partial charge in [-0.2, -0.15) is 0 Å². The van der Waals surface area contributed by atoms with Gasteiger partial charge >= 0.3 is 0 Å². The first kappa shape index (κ1) is 16.6. The minimum absolute atomic E-state index is 0.0815. The maximum absolute atomic E-state index is 12.9. The Labute approximate surface area is 146 Å². The lowest BCUT2D eigenvalue weighted by Crippen LogP contribution is -2.23. The molecule has 1 atom stereocenters. The van der Waals surface area contributed by atoms with E-state index >= 15 is 0 Å². The minimum atomic E-state index is -0.312. The summed E-state index contributed by atoms with van der Waals surface area (Å²) >= 11 is 0. The molecule has 25 heavy (non-hydrogen) atoms. The highest BCUT2D eigenvalue weighted by Crippen LogP contribution is 2.23. The van der Waals surface area contributed by atoms with E-state index in [0.29, 0.717) is 18.0 Å². The van der Waals surface area contributed by atoms with E-state index in [1.165, 1.54) is 0 Å². The molecule has 0 saturated heterocycles. The van der Waals surface area contributed by atoms with E-state index in [1.54, 1.807) is 37.8 Å². The number of carbonyl (C=O) groups excluding carboxylic acids is 1. The Hall–Kier alpha value is -3.21. The van der Waals surface area contributed by atoms with Crippen molar-refractivity contribution in [3.63, 3.8) is 0 Å². The fourth-order valence-corrected chi connectivity index (χ4v) is 2.61. The molecule has 0 fully saturated rings. The molecule has 0 aliphatic rings. The molecule has 2 aromatic heterocycles. The maximum atomic E-state index is 12.9. The standard InChI is InChI=1S/C20H19N3O2/c1-25-19-10-9-17(14-22-19)23-20(24)18(16-7-3-2-4-8-16)12-15-6-5-11-21-13-15/h2-11,13-14,18H,12H2,1H3,(H,23,24). The fraction of sp³-hybridized carbons (Fsp3) is 0.150. The van der Waals surface area contributed by atoms with Crippen molar-refractivity contribution in [2.75, 3.05) is 12.4 Å². The van der Waals surface area contributed by atoms with Gasteiger partial charge in [-0.1, -0.05) is 36.4 Å². The topological polar surface area (TPSA) is 64.1 Å². The third-order valence-electron chi connectivity index (χ3n) is 3.89. The van der Waals surface area contributed by atoms with Crippen molar-refractivity contribution in [2.24, 2.45) is 0 Å². The Balaban J connectivity index is 1.81. The van der Waals surface area contributed by atoms with Crippen LogP contribution in [0.15, 0.2) is 73.2 Å². The number of nitrogens with one attached hydrogen (secondary N) is 1. The van der Waals surface area contributed by atoms with Gasteiger partial charge in [-0.25, -0.2) is 4.98 Å². The summed E-state index contributed by atoms with van der Waals surface area (Å²) < 4.78 is 5.04. The van der Waals surface area contributed by atoms with Crippen LogP contribution in [-0.4, -0.2) is 23.0 Å². The van der Waals surface area contributed by atoms with E-state index in [1.807, 2.05) is 42.5 Å². The second kappa shape index (κ2) is 8.06. The number of pyridine rings is 2. The maximum Gasteiger partial charge on any atom is 0.232 e. The molecule has 5 heteroatoms. The molecule has 0 bridgehead atoms. The molecule has 1 amide bonds. The lowest BCUT2D eigenvalue weighted by Gasteiger charge is -2.17. The van der Waals surface area contributed by atoms with Crippen molar-refractivity contribution in [3.05, 3.63) is 84.3 Å². The van der Waals surface area contributed by atoms with Gasteiger partial charge in [0.25, 0.3) is 0 Å². The summed E-state index contributed by atoms with van der Waals surface area (Å²) in [5.41, 5.74) is 2.61. The summed E-state index contributed by atoms with van der Waals surface area (Å²) in [5, 5.41) is 2.93. The van der Waals surface area contributed by atoms with Gasteiger partial charge in [0.2, 0.25) is 11.8 Å². The van der Waals surface area contributed by atoms with Crippen molar-refractivity contribution in [3.8, 4) is 5.88 Å². The van der Waals surface area contributed by atoms with Crippen LogP contribution in [0, 0.1) is 0 Å². The molecular formula is C20H19N3O2. The smallest absolute Gasteiger partial charge is 0.232 e. The fourth-order valence-electron chi connectivity index (χ4n) is 2.61. The zero-order valence-electron chi connectivity index (χ0n) is 13.9. The van der Waals surface area contributed by atoms with Crippen LogP contribution in [0.2, 0.25) is 0 Å². The third-order valence-corrected chi connectivity index (χ3v) is 3.89.